The minimum atomic E-state index is -3.64. The first kappa shape index (κ1) is 19.1. The van der Waals surface area contributed by atoms with Gasteiger partial charge in [-0.25, -0.2) is 13.4 Å². The number of imidazole rings is 1. The first-order valence-corrected chi connectivity index (χ1v) is 10.4. The maximum absolute atomic E-state index is 13.7. The van der Waals surface area contributed by atoms with Crippen LogP contribution in [0.15, 0.2) is 17.3 Å². The molecule has 1 aromatic heterocycles. The maximum atomic E-state index is 13.7. The van der Waals surface area contributed by atoms with Gasteiger partial charge in [0, 0.05) is 39.1 Å². The van der Waals surface area contributed by atoms with Crippen LogP contribution in [0.2, 0.25) is 0 Å². The summed E-state index contributed by atoms with van der Waals surface area (Å²) in [5.74, 6) is 0.761. The number of hydrogen-bond acceptors (Lipinski definition) is 4. The number of sulfonamides is 1. The van der Waals surface area contributed by atoms with Gasteiger partial charge in [0.2, 0.25) is 10.0 Å². The Balaban J connectivity index is 2.17. The number of rotatable bonds is 3. The number of piperazine rings is 1. The van der Waals surface area contributed by atoms with Crippen molar-refractivity contribution in [2.24, 2.45) is 7.05 Å². The predicted octanol–water partition coefficient (Wildman–Crippen LogP) is 2.30. The normalized spacial score (nSPS) is 19.1. The predicted molar refractivity (Wildman–Crippen MR) is 103 cm³/mol. The third-order valence-electron chi connectivity index (χ3n) is 5.85. The van der Waals surface area contributed by atoms with Crippen molar-refractivity contribution in [1.82, 2.24) is 19.2 Å². The van der Waals surface area contributed by atoms with E-state index in [1.807, 2.05) is 45.5 Å². The van der Waals surface area contributed by atoms with Crippen LogP contribution in [0.1, 0.15) is 39.7 Å². The van der Waals surface area contributed by atoms with E-state index in [2.05, 4.69) is 17.2 Å². The van der Waals surface area contributed by atoms with Crippen LogP contribution in [0.25, 0.3) is 0 Å². The standard InChI is InChI=1S/C19H28N4O2S/c1-12-13(2)15(4)18(16(5)14(12)3)26(24,25)23-10-7-20-11-17(23)19-21-8-9-22(19)6/h8-9,17,20H,7,10-11H2,1-6H3. The highest BCUT2D eigenvalue weighted by molar-refractivity contribution is 7.89. The second kappa shape index (κ2) is 6.79. The second-order valence-electron chi connectivity index (χ2n) is 7.19. The Labute approximate surface area is 156 Å². The van der Waals surface area contributed by atoms with Crippen LogP contribution in [0.4, 0.5) is 0 Å². The average Bonchev–Trinajstić information content (AvgIpc) is 3.04. The fraction of sp³-hybridized carbons (Fsp3) is 0.526. The molecule has 1 unspecified atom stereocenters. The highest BCUT2D eigenvalue weighted by atomic mass is 32.2. The van der Waals surface area contributed by atoms with Gasteiger partial charge in [-0.3, -0.25) is 0 Å². The van der Waals surface area contributed by atoms with Crippen LogP contribution in [0.5, 0.6) is 0 Å². The van der Waals surface area contributed by atoms with E-state index in [-0.39, 0.29) is 6.04 Å². The molecule has 2 aromatic rings. The molecule has 1 aliphatic rings. The molecule has 142 valence electrons. The lowest BCUT2D eigenvalue weighted by molar-refractivity contribution is 0.258. The highest BCUT2D eigenvalue weighted by Crippen LogP contribution is 2.35. The molecule has 1 aromatic carbocycles. The first-order valence-electron chi connectivity index (χ1n) is 8.94. The van der Waals surface area contributed by atoms with Crippen molar-refractivity contribution in [1.29, 1.82) is 0 Å². The van der Waals surface area contributed by atoms with Gasteiger partial charge >= 0.3 is 0 Å². The lowest BCUT2D eigenvalue weighted by atomic mass is 9.95. The van der Waals surface area contributed by atoms with Crippen molar-refractivity contribution in [3.8, 4) is 0 Å². The number of nitrogens with zero attached hydrogens (tertiary/aromatic N) is 3. The molecule has 3 rings (SSSR count). The molecule has 0 saturated carbocycles. The fourth-order valence-corrected chi connectivity index (χ4v) is 6.01. The molecule has 1 saturated heterocycles. The number of aromatic nitrogens is 2. The summed E-state index contributed by atoms with van der Waals surface area (Å²) >= 11 is 0. The molecule has 6 nitrogen and oxygen atoms in total. The first-order chi connectivity index (χ1) is 12.2. The van der Waals surface area contributed by atoms with Crippen molar-refractivity contribution in [3.05, 3.63) is 46.0 Å². The molecule has 2 heterocycles. The van der Waals surface area contributed by atoms with E-state index in [0.29, 0.717) is 24.5 Å². The van der Waals surface area contributed by atoms with Crippen LogP contribution in [0, 0.1) is 34.6 Å². The van der Waals surface area contributed by atoms with Crippen molar-refractivity contribution >= 4 is 10.0 Å². The largest absolute Gasteiger partial charge is 0.337 e. The monoisotopic (exact) mass is 376 g/mol. The van der Waals surface area contributed by atoms with Crippen molar-refractivity contribution in [3.63, 3.8) is 0 Å². The molecule has 0 amide bonds. The average molecular weight is 377 g/mol. The zero-order valence-corrected chi connectivity index (χ0v) is 17.2. The molecule has 0 spiro atoms. The fourth-order valence-electron chi connectivity index (χ4n) is 3.86. The molecule has 1 atom stereocenters. The molecule has 0 radical (unpaired) electrons. The van der Waals surface area contributed by atoms with Gasteiger partial charge in [-0.2, -0.15) is 4.31 Å². The molecule has 1 N–H and O–H groups in total. The van der Waals surface area contributed by atoms with E-state index < -0.39 is 10.0 Å². The van der Waals surface area contributed by atoms with Gasteiger partial charge in [-0.1, -0.05) is 0 Å². The van der Waals surface area contributed by atoms with Gasteiger partial charge in [0.15, 0.2) is 0 Å². The van der Waals surface area contributed by atoms with Crippen LogP contribution in [-0.4, -0.2) is 41.9 Å². The van der Waals surface area contributed by atoms with E-state index in [9.17, 15) is 8.42 Å². The number of nitrogens with one attached hydrogen (secondary N) is 1. The second-order valence-corrected chi connectivity index (χ2v) is 9.01. The van der Waals surface area contributed by atoms with E-state index in [0.717, 1.165) is 28.1 Å². The zero-order chi connectivity index (χ0) is 19.2. The molecule has 0 bridgehead atoms. The number of aryl methyl sites for hydroxylation is 1. The summed E-state index contributed by atoms with van der Waals surface area (Å²) in [6.45, 7) is 11.5. The van der Waals surface area contributed by atoms with Gasteiger partial charge in [-0.05, 0) is 62.4 Å². The third kappa shape index (κ3) is 2.88. The lowest BCUT2D eigenvalue weighted by Gasteiger charge is -2.35. The molecule has 7 heteroatoms. The summed E-state index contributed by atoms with van der Waals surface area (Å²) < 4.78 is 31.0. The molecule has 0 aliphatic carbocycles. The Hall–Kier alpha value is -1.70. The zero-order valence-electron chi connectivity index (χ0n) is 16.4. The number of hydrogen-bond donors (Lipinski definition) is 1. The van der Waals surface area contributed by atoms with Crippen LogP contribution in [-0.2, 0) is 17.1 Å². The van der Waals surface area contributed by atoms with Gasteiger partial charge in [0.05, 0.1) is 10.9 Å². The Morgan fingerprint density at radius 1 is 1.04 bits per heavy atom. The lowest BCUT2D eigenvalue weighted by Crippen LogP contribution is -2.49. The smallest absolute Gasteiger partial charge is 0.244 e. The summed E-state index contributed by atoms with van der Waals surface area (Å²) in [5, 5.41) is 3.31. The van der Waals surface area contributed by atoms with Crippen LogP contribution >= 0.6 is 0 Å². The van der Waals surface area contributed by atoms with Crippen molar-refractivity contribution < 1.29 is 8.42 Å². The van der Waals surface area contributed by atoms with E-state index >= 15 is 0 Å². The molecule has 1 fully saturated rings. The summed E-state index contributed by atoms with van der Waals surface area (Å²) in [5.41, 5.74) is 4.97. The van der Waals surface area contributed by atoms with Crippen molar-refractivity contribution in [2.45, 2.75) is 45.6 Å². The Morgan fingerprint density at radius 2 is 1.62 bits per heavy atom. The summed E-state index contributed by atoms with van der Waals surface area (Å²) in [6.07, 6.45) is 3.57. The summed E-state index contributed by atoms with van der Waals surface area (Å²) in [7, 11) is -1.74. The van der Waals surface area contributed by atoms with Gasteiger partial charge in [0.25, 0.3) is 0 Å². The summed E-state index contributed by atoms with van der Waals surface area (Å²) in [4.78, 5) is 4.87. The Kier molecular flexibility index (Phi) is 4.98. The SMILES string of the molecule is Cc1c(C)c(C)c(S(=O)(=O)N2CCNCC2c2nccn2C)c(C)c1C. The Bertz CT molecular complexity index is 918. The summed E-state index contributed by atoms with van der Waals surface area (Å²) in [6, 6.07) is -0.311. The minimum absolute atomic E-state index is 0.311. The molecular formula is C19H28N4O2S. The van der Waals surface area contributed by atoms with Gasteiger partial charge in [-0.15, -0.1) is 0 Å². The maximum Gasteiger partial charge on any atom is 0.244 e. The quantitative estimate of drug-likeness (QED) is 0.893. The third-order valence-corrected chi connectivity index (χ3v) is 8.03. The van der Waals surface area contributed by atoms with E-state index in [1.54, 1.807) is 10.5 Å². The molecule has 1 aliphatic heterocycles. The molecular weight excluding hydrogens is 348 g/mol. The molecule has 26 heavy (non-hydrogen) atoms. The van der Waals surface area contributed by atoms with Crippen LogP contribution < -0.4 is 5.32 Å². The Morgan fingerprint density at radius 3 is 2.15 bits per heavy atom. The number of benzene rings is 1. The minimum Gasteiger partial charge on any atom is -0.337 e. The van der Waals surface area contributed by atoms with E-state index in [1.165, 1.54) is 5.56 Å². The van der Waals surface area contributed by atoms with Gasteiger partial charge < -0.3 is 9.88 Å². The highest BCUT2D eigenvalue weighted by Gasteiger charge is 2.38. The van der Waals surface area contributed by atoms with Crippen molar-refractivity contribution in [2.75, 3.05) is 19.6 Å². The van der Waals surface area contributed by atoms with Crippen LogP contribution in [0.3, 0.4) is 0 Å². The van der Waals surface area contributed by atoms with Gasteiger partial charge in [0.1, 0.15) is 5.82 Å². The van der Waals surface area contributed by atoms with E-state index in [4.69, 9.17) is 0 Å². The topological polar surface area (TPSA) is 67.2 Å².